The number of nitrogens with two attached hydrogens (primary N) is 1. The van der Waals surface area contributed by atoms with Crippen LogP contribution in [0.2, 0.25) is 0 Å². The highest BCUT2D eigenvalue weighted by atomic mass is 16.6. The summed E-state index contributed by atoms with van der Waals surface area (Å²) in [5, 5.41) is 49.0. The number of aliphatic hydroxyl groups excluding tert-OH is 2. The van der Waals surface area contributed by atoms with E-state index in [4.69, 9.17) is 10.6 Å². The molecule has 1 aromatic carbocycles. The molecule has 202 valence electrons. The Balaban J connectivity index is 1.74. The number of benzene rings is 1. The summed E-state index contributed by atoms with van der Waals surface area (Å²) in [7, 11) is 6.79. The molecule has 1 aliphatic heterocycles. The van der Waals surface area contributed by atoms with Crippen LogP contribution in [0, 0.1) is 11.8 Å². The van der Waals surface area contributed by atoms with E-state index in [-0.39, 0.29) is 36.3 Å². The van der Waals surface area contributed by atoms with E-state index in [0.29, 0.717) is 16.8 Å². The third-order valence-electron chi connectivity index (χ3n) is 8.18. The van der Waals surface area contributed by atoms with E-state index < -0.39 is 64.0 Å². The number of anilines is 1. The third kappa shape index (κ3) is 3.29. The topological polar surface area (TPSA) is 186 Å². The maximum atomic E-state index is 14.0. The Hall–Kier alpha value is -3.90. The number of Topliss-reactive ketones (excluding diaryl/α,β-unsaturated/α-hetero) is 2. The van der Waals surface area contributed by atoms with Crippen LogP contribution in [-0.2, 0) is 20.8 Å². The molecular formula is C26H30N4O8. The fourth-order valence-electron chi connectivity index (χ4n) is 6.45. The van der Waals surface area contributed by atoms with Gasteiger partial charge in [0.1, 0.15) is 29.4 Å². The van der Waals surface area contributed by atoms with Crippen molar-refractivity contribution >= 4 is 29.4 Å². The number of likely N-dealkylation sites (N-methyl/N-ethyl adjacent to an activating group) is 1. The fourth-order valence-corrected chi connectivity index (χ4v) is 6.45. The van der Waals surface area contributed by atoms with Crippen molar-refractivity contribution < 1.29 is 39.6 Å². The molecule has 1 heterocycles. The summed E-state index contributed by atoms with van der Waals surface area (Å²) in [6.45, 7) is 0.178. The maximum Gasteiger partial charge on any atom is 0.255 e. The normalized spacial score (nSPS) is 30.3. The van der Waals surface area contributed by atoms with Gasteiger partial charge in [0.25, 0.3) is 5.91 Å². The minimum Gasteiger partial charge on any atom is -0.510 e. The Morgan fingerprint density at radius 2 is 1.87 bits per heavy atom. The van der Waals surface area contributed by atoms with Gasteiger partial charge in [0.05, 0.1) is 23.7 Å². The van der Waals surface area contributed by atoms with Crippen molar-refractivity contribution in [3.8, 4) is 5.75 Å². The number of carbonyl (C=O) groups is 3. The van der Waals surface area contributed by atoms with E-state index >= 15 is 0 Å². The number of aliphatic hydroxyl groups is 3. The molecule has 0 saturated carbocycles. The van der Waals surface area contributed by atoms with Gasteiger partial charge in [-0.05, 0) is 44.5 Å². The van der Waals surface area contributed by atoms with Crippen LogP contribution < -0.4 is 10.6 Å². The quantitative estimate of drug-likeness (QED) is 0.341. The summed E-state index contributed by atoms with van der Waals surface area (Å²) in [5.41, 5.74) is 3.29. The minimum absolute atomic E-state index is 0.0320. The number of fused-ring (bicyclic) bond motifs is 3. The van der Waals surface area contributed by atoms with Crippen molar-refractivity contribution in [2.75, 3.05) is 39.7 Å². The Bertz CT molecular complexity index is 1380. The van der Waals surface area contributed by atoms with E-state index in [0.717, 1.165) is 0 Å². The Labute approximate surface area is 218 Å². The molecule has 12 heteroatoms. The first-order valence-corrected chi connectivity index (χ1v) is 12.2. The first kappa shape index (κ1) is 25.7. The van der Waals surface area contributed by atoms with Crippen LogP contribution in [-0.4, -0.2) is 95.5 Å². The lowest BCUT2D eigenvalue weighted by atomic mass is 9.58. The van der Waals surface area contributed by atoms with Gasteiger partial charge in [0, 0.05) is 36.8 Å². The smallest absolute Gasteiger partial charge is 0.255 e. The highest BCUT2D eigenvalue weighted by Crippen LogP contribution is 2.53. The summed E-state index contributed by atoms with van der Waals surface area (Å²) in [5.74, 6) is -7.15. The van der Waals surface area contributed by atoms with Gasteiger partial charge in [-0.1, -0.05) is 5.16 Å². The van der Waals surface area contributed by atoms with Crippen LogP contribution in [0.5, 0.6) is 5.75 Å². The van der Waals surface area contributed by atoms with Crippen molar-refractivity contribution in [3.63, 3.8) is 0 Å². The second-order valence-electron chi connectivity index (χ2n) is 10.7. The van der Waals surface area contributed by atoms with Crippen molar-refractivity contribution in [3.05, 3.63) is 45.4 Å². The van der Waals surface area contributed by atoms with Crippen molar-refractivity contribution in [1.82, 2.24) is 4.90 Å². The van der Waals surface area contributed by atoms with Gasteiger partial charge >= 0.3 is 0 Å². The van der Waals surface area contributed by atoms with Crippen LogP contribution in [0.3, 0.4) is 0 Å². The largest absolute Gasteiger partial charge is 0.510 e. The highest BCUT2D eigenvalue weighted by molar-refractivity contribution is 6.25. The number of oxime groups is 1. The second kappa shape index (κ2) is 8.57. The number of nitrogens with zero attached hydrogens (tertiary/aromatic N) is 3. The molecule has 5 rings (SSSR count). The molecule has 0 aromatic heterocycles. The van der Waals surface area contributed by atoms with Gasteiger partial charge in [0.2, 0.25) is 5.78 Å². The zero-order chi connectivity index (χ0) is 27.8. The number of rotatable bonds is 4. The Morgan fingerprint density at radius 1 is 1.18 bits per heavy atom. The summed E-state index contributed by atoms with van der Waals surface area (Å²) in [6.07, 6.45) is 1.77. The molecule has 5 atom stereocenters. The lowest BCUT2D eigenvalue weighted by Gasteiger charge is -2.50. The van der Waals surface area contributed by atoms with E-state index in [9.17, 15) is 34.8 Å². The SMILES string of the molecule is CN(C)c1cc(C2C=NOC2)c(O)c2c1C[C@H]1CC3[C@H](N(C)C)C(O)=C(C(N)=O)C(=O)[C@@]3(O)C(O)=C1C2=O. The van der Waals surface area contributed by atoms with Crippen LogP contribution in [0.1, 0.15) is 33.8 Å². The van der Waals surface area contributed by atoms with E-state index in [2.05, 4.69) is 5.16 Å². The molecule has 4 aliphatic rings. The van der Waals surface area contributed by atoms with Crippen LogP contribution in [0.4, 0.5) is 5.69 Å². The van der Waals surface area contributed by atoms with E-state index in [1.54, 1.807) is 34.3 Å². The van der Waals surface area contributed by atoms with Crippen LogP contribution in [0.25, 0.3) is 0 Å². The summed E-state index contributed by atoms with van der Waals surface area (Å²) in [6, 6.07) is 0.743. The molecule has 0 saturated heterocycles. The molecule has 1 aromatic rings. The lowest BCUT2D eigenvalue weighted by Crippen LogP contribution is -2.63. The standard InChI is InChI=1S/C26H30N4O8/c1-29(2)15-7-12(11-8-28-38-9-11)20(31)17-13(15)5-10-6-14-19(30(3)4)22(33)18(25(27)36)24(35)26(14,37)23(34)16(10)21(17)32/h7-8,10-11,14,19,31,33-34,37H,5-6,9H2,1-4H3,(H2,27,36)/t10-,11?,14?,19-,26-/m0/s1. The summed E-state index contributed by atoms with van der Waals surface area (Å²) >= 11 is 0. The number of allylic oxidation sites excluding steroid dienone is 1. The average Bonchev–Trinajstić information content (AvgIpc) is 3.35. The number of hydrogen-bond acceptors (Lipinski definition) is 11. The molecule has 0 fully saturated rings. The van der Waals surface area contributed by atoms with Crippen molar-refractivity contribution in [1.29, 1.82) is 0 Å². The second-order valence-corrected chi connectivity index (χ2v) is 10.7. The minimum atomic E-state index is -2.67. The first-order valence-electron chi connectivity index (χ1n) is 12.2. The van der Waals surface area contributed by atoms with Gasteiger partial charge < -0.3 is 35.9 Å². The van der Waals surface area contributed by atoms with E-state index in [1.165, 1.54) is 11.1 Å². The highest BCUT2D eigenvalue weighted by Gasteiger charge is 2.63. The van der Waals surface area contributed by atoms with Crippen molar-refractivity contribution in [2.24, 2.45) is 22.7 Å². The molecule has 6 N–H and O–H groups in total. The molecular weight excluding hydrogens is 496 g/mol. The Morgan fingerprint density at radius 3 is 2.42 bits per heavy atom. The van der Waals surface area contributed by atoms with Crippen molar-refractivity contribution in [2.45, 2.75) is 30.4 Å². The van der Waals surface area contributed by atoms with Crippen LogP contribution in [0.15, 0.2) is 33.9 Å². The predicted octanol–water partition coefficient (Wildman–Crippen LogP) is 0.286. The average molecular weight is 527 g/mol. The number of carbonyl (C=O) groups excluding carboxylic acids is 3. The number of amides is 1. The van der Waals surface area contributed by atoms with Crippen LogP contribution >= 0.6 is 0 Å². The molecule has 38 heavy (non-hydrogen) atoms. The lowest BCUT2D eigenvalue weighted by molar-refractivity contribution is -0.148. The number of ketones is 2. The molecule has 2 unspecified atom stereocenters. The number of hydrogen-bond donors (Lipinski definition) is 5. The molecule has 0 radical (unpaired) electrons. The molecule has 0 spiro atoms. The molecule has 1 amide bonds. The van der Waals surface area contributed by atoms with E-state index in [1.807, 2.05) is 4.90 Å². The maximum absolute atomic E-state index is 14.0. The number of phenols is 1. The van der Waals surface area contributed by atoms with Gasteiger partial charge in [0.15, 0.2) is 11.4 Å². The zero-order valence-electron chi connectivity index (χ0n) is 21.4. The third-order valence-corrected chi connectivity index (χ3v) is 8.18. The fraction of sp³-hybridized carbons (Fsp3) is 0.462. The van der Waals surface area contributed by atoms with Gasteiger partial charge in [-0.15, -0.1) is 0 Å². The molecule has 12 nitrogen and oxygen atoms in total. The monoisotopic (exact) mass is 526 g/mol. The number of phenolic OH excluding ortho intramolecular Hbond substituents is 1. The predicted molar refractivity (Wildman–Crippen MR) is 135 cm³/mol. The summed E-state index contributed by atoms with van der Waals surface area (Å²) in [4.78, 5) is 47.9. The van der Waals surface area contributed by atoms with Gasteiger partial charge in [-0.25, -0.2) is 0 Å². The van der Waals surface area contributed by atoms with Gasteiger partial charge in [-0.3, -0.25) is 19.3 Å². The first-order chi connectivity index (χ1) is 17.8. The molecule has 0 bridgehead atoms. The molecule has 3 aliphatic carbocycles. The summed E-state index contributed by atoms with van der Waals surface area (Å²) < 4.78 is 0. The number of primary amides is 1. The zero-order valence-corrected chi connectivity index (χ0v) is 21.4. The van der Waals surface area contributed by atoms with Gasteiger partial charge in [-0.2, -0.15) is 0 Å². The number of aromatic hydroxyl groups is 1. The Kier molecular flexibility index (Phi) is 5.80.